The lowest BCUT2D eigenvalue weighted by Gasteiger charge is -2.17. The molecule has 22 heavy (non-hydrogen) atoms. The molecule has 0 atom stereocenters. The highest BCUT2D eigenvalue weighted by Gasteiger charge is 2.18. The van der Waals surface area contributed by atoms with Crippen LogP contribution in [0.5, 0.6) is 11.5 Å². The fourth-order valence-electron chi connectivity index (χ4n) is 2.53. The summed E-state index contributed by atoms with van der Waals surface area (Å²) in [5.74, 6) is 1.49. The first kappa shape index (κ1) is 18.6. The van der Waals surface area contributed by atoms with Gasteiger partial charge < -0.3 is 20.1 Å². The first-order chi connectivity index (χ1) is 10.2. The normalized spacial score (nSPS) is 14.3. The lowest BCUT2D eigenvalue weighted by Crippen LogP contribution is -2.31. The van der Waals surface area contributed by atoms with E-state index in [1.807, 2.05) is 18.2 Å². The molecule has 0 aliphatic heterocycles. The van der Waals surface area contributed by atoms with Crippen LogP contribution < -0.4 is 20.1 Å². The Bertz CT molecular complexity index is 476. The van der Waals surface area contributed by atoms with Crippen molar-refractivity contribution < 1.29 is 14.3 Å². The van der Waals surface area contributed by atoms with Crippen molar-refractivity contribution in [2.45, 2.75) is 38.3 Å². The molecule has 1 aromatic carbocycles. The summed E-state index contributed by atoms with van der Waals surface area (Å²) in [6, 6.07) is 5.79. The average Bonchev–Trinajstić information content (AvgIpc) is 2.99. The summed E-state index contributed by atoms with van der Waals surface area (Å²) in [7, 11) is 3.39. The van der Waals surface area contributed by atoms with Crippen LogP contribution in [0.3, 0.4) is 0 Å². The average molecular weight is 329 g/mol. The summed E-state index contributed by atoms with van der Waals surface area (Å²) in [5, 5.41) is 5.69. The topological polar surface area (TPSA) is 59.6 Å². The third-order valence-electron chi connectivity index (χ3n) is 3.65. The van der Waals surface area contributed by atoms with Crippen molar-refractivity contribution in [2.24, 2.45) is 0 Å². The molecule has 124 valence electrons. The molecular weight excluding hydrogens is 304 g/mol. The largest absolute Gasteiger partial charge is 0.493 e. The van der Waals surface area contributed by atoms with Gasteiger partial charge in [0.25, 0.3) is 0 Å². The highest BCUT2D eigenvalue weighted by molar-refractivity contribution is 5.85. The molecule has 1 aromatic rings. The first-order valence-electron chi connectivity index (χ1n) is 7.48. The summed E-state index contributed by atoms with van der Waals surface area (Å²) in [6.07, 6.45) is 4.95. The maximum Gasteiger partial charge on any atom is 0.234 e. The Morgan fingerprint density at radius 1 is 1.27 bits per heavy atom. The number of likely N-dealkylation sites (N-methyl/N-ethyl adjacent to an activating group) is 1. The quantitative estimate of drug-likeness (QED) is 0.806. The van der Waals surface area contributed by atoms with Crippen LogP contribution in [0.15, 0.2) is 18.2 Å². The summed E-state index contributed by atoms with van der Waals surface area (Å²) < 4.78 is 11.4. The van der Waals surface area contributed by atoms with Gasteiger partial charge in [-0.2, -0.15) is 0 Å². The van der Waals surface area contributed by atoms with Gasteiger partial charge in [0.15, 0.2) is 11.5 Å². The molecular formula is C16H25ClN2O3. The van der Waals surface area contributed by atoms with Crippen molar-refractivity contribution in [2.75, 3.05) is 20.7 Å². The van der Waals surface area contributed by atoms with E-state index in [1.165, 1.54) is 12.8 Å². The summed E-state index contributed by atoms with van der Waals surface area (Å²) in [5.41, 5.74) is 1.01. The Balaban J connectivity index is 0.00000242. The Kier molecular flexibility index (Phi) is 8.06. The monoisotopic (exact) mass is 328 g/mol. The van der Waals surface area contributed by atoms with E-state index < -0.39 is 0 Å². The fourth-order valence-corrected chi connectivity index (χ4v) is 2.53. The highest BCUT2D eigenvalue weighted by Crippen LogP contribution is 2.32. The number of rotatable bonds is 7. The van der Waals surface area contributed by atoms with Crippen LogP contribution in [0.1, 0.15) is 31.2 Å². The second-order valence-corrected chi connectivity index (χ2v) is 5.32. The molecule has 1 amide bonds. The standard InChI is InChI=1S/C16H24N2O3.ClH/c1-17-11-16(19)18-10-12-7-8-14(20-2)15(9-12)21-13-5-3-4-6-13;/h7-9,13,17H,3-6,10-11H2,1-2H3,(H,18,19);1H. The van der Waals surface area contributed by atoms with Gasteiger partial charge in [-0.25, -0.2) is 0 Å². The zero-order valence-corrected chi connectivity index (χ0v) is 14.0. The minimum atomic E-state index is -0.0217. The van der Waals surface area contributed by atoms with E-state index in [1.54, 1.807) is 14.2 Å². The molecule has 0 saturated heterocycles. The molecule has 0 unspecified atom stereocenters. The van der Waals surface area contributed by atoms with Crippen molar-refractivity contribution >= 4 is 18.3 Å². The van der Waals surface area contributed by atoms with Gasteiger partial charge in [-0.1, -0.05) is 6.07 Å². The maximum absolute atomic E-state index is 11.5. The number of benzene rings is 1. The smallest absolute Gasteiger partial charge is 0.234 e. The highest BCUT2D eigenvalue weighted by atomic mass is 35.5. The van der Waals surface area contributed by atoms with Crippen LogP contribution in [-0.2, 0) is 11.3 Å². The van der Waals surface area contributed by atoms with E-state index in [0.717, 1.165) is 29.9 Å². The maximum atomic E-state index is 11.5. The predicted octanol–water partition coefficient (Wildman–Crippen LogP) is 2.27. The van der Waals surface area contributed by atoms with Crippen LogP contribution in [0.4, 0.5) is 0 Å². The van der Waals surface area contributed by atoms with E-state index in [9.17, 15) is 4.79 Å². The van der Waals surface area contributed by atoms with Gasteiger partial charge in [0.05, 0.1) is 19.8 Å². The molecule has 0 heterocycles. The molecule has 2 rings (SSSR count). The van der Waals surface area contributed by atoms with Gasteiger partial charge in [-0.3, -0.25) is 4.79 Å². The van der Waals surface area contributed by atoms with Crippen LogP contribution in [0, 0.1) is 0 Å². The Labute approximate surface area is 138 Å². The molecule has 0 aromatic heterocycles. The number of nitrogens with one attached hydrogen (secondary N) is 2. The fraction of sp³-hybridized carbons (Fsp3) is 0.562. The van der Waals surface area contributed by atoms with Gasteiger partial charge in [0.1, 0.15) is 0 Å². The number of hydrogen-bond acceptors (Lipinski definition) is 4. The summed E-state index contributed by atoms with van der Waals surface area (Å²) in [6.45, 7) is 0.813. The van der Waals surface area contributed by atoms with Gasteiger partial charge in [-0.05, 0) is 50.4 Å². The molecule has 5 nitrogen and oxygen atoms in total. The number of carbonyl (C=O) groups excluding carboxylic acids is 1. The second-order valence-electron chi connectivity index (χ2n) is 5.32. The van der Waals surface area contributed by atoms with Crippen molar-refractivity contribution in [1.29, 1.82) is 0 Å². The van der Waals surface area contributed by atoms with E-state index >= 15 is 0 Å². The first-order valence-corrected chi connectivity index (χ1v) is 7.48. The third kappa shape index (κ3) is 5.39. The molecule has 1 aliphatic rings. The minimum Gasteiger partial charge on any atom is -0.493 e. The van der Waals surface area contributed by atoms with Gasteiger partial charge in [0, 0.05) is 6.54 Å². The van der Waals surface area contributed by atoms with E-state index in [4.69, 9.17) is 9.47 Å². The Morgan fingerprint density at radius 2 is 2.00 bits per heavy atom. The molecule has 6 heteroatoms. The lowest BCUT2D eigenvalue weighted by molar-refractivity contribution is -0.120. The van der Waals surface area contributed by atoms with Crippen LogP contribution in [-0.4, -0.2) is 32.7 Å². The van der Waals surface area contributed by atoms with Crippen LogP contribution in [0.2, 0.25) is 0 Å². The van der Waals surface area contributed by atoms with Gasteiger partial charge >= 0.3 is 0 Å². The van der Waals surface area contributed by atoms with Crippen molar-refractivity contribution in [3.05, 3.63) is 23.8 Å². The Hall–Kier alpha value is -1.46. The lowest BCUT2D eigenvalue weighted by atomic mass is 10.2. The third-order valence-corrected chi connectivity index (χ3v) is 3.65. The number of ether oxygens (including phenoxy) is 2. The molecule has 0 radical (unpaired) electrons. The predicted molar refractivity (Wildman–Crippen MR) is 88.9 cm³/mol. The number of amides is 1. The zero-order valence-electron chi connectivity index (χ0n) is 13.2. The van der Waals surface area contributed by atoms with Gasteiger partial charge in [-0.15, -0.1) is 12.4 Å². The molecule has 1 aliphatic carbocycles. The summed E-state index contributed by atoms with van der Waals surface area (Å²) >= 11 is 0. The van der Waals surface area contributed by atoms with Crippen molar-refractivity contribution in [1.82, 2.24) is 10.6 Å². The zero-order chi connectivity index (χ0) is 15.1. The molecule has 2 N–H and O–H groups in total. The molecule has 0 bridgehead atoms. The number of methoxy groups -OCH3 is 1. The van der Waals surface area contributed by atoms with Gasteiger partial charge in [0.2, 0.25) is 5.91 Å². The van der Waals surface area contributed by atoms with E-state index in [-0.39, 0.29) is 24.4 Å². The van der Waals surface area contributed by atoms with Crippen molar-refractivity contribution in [3.8, 4) is 11.5 Å². The minimum absolute atomic E-state index is 0. The number of carbonyl (C=O) groups is 1. The Morgan fingerprint density at radius 3 is 2.64 bits per heavy atom. The van der Waals surface area contributed by atoms with Crippen LogP contribution >= 0.6 is 12.4 Å². The van der Waals surface area contributed by atoms with Crippen LogP contribution in [0.25, 0.3) is 0 Å². The molecule has 1 fully saturated rings. The SMILES string of the molecule is CNCC(=O)NCc1ccc(OC)c(OC2CCCC2)c1.Cl. The summed E-state index contributed by atoms with van der Waals surface area (Å²) in [4.78, 5) is 11.5. The van der Waals surface area contributed by atoms with E-state index in [2.05, 4.69) is 10.6 Å². The molecule has 0 spiro atoms. The number of halogens is 1. The second kappa shape index (κ2) is 9.54. The van der Waals surface area contributed by atoms with Crippen molar-refractivity contribution in [3.63, 3.8) is 0 Å². The molecule has 1 saturated carbocycles. The van der Waals surface area contributed by atoms with E-state index in [0.29, 0.717) is 13.1 Å². The number of hydrogen-bond donors (Lipinski definition) is 2.